The molecule has 0 saturated carbocycles. The normalized spacial score (nSPS) is 17.0. The molecule has 0 atom stereocenters. The molecule has 2 aliphatic heterocycles. The predicted molar refractivity (Wildman–Crippen MR) is 103 cm³/mol. The van der Waals surface area contributed by atoms with E-state index in [9.17, 15) is 0 Å². The Morgan fingerprint density at radius 3 is 2.35 bits per heavy atom. The number of hydrogen-bond acceptors (Lipinski definition) is 4. The maximum atomic E-state index is 9.04. The van der Waals surface area contributed by atoms with Crippen molar-refractivity contribution in [1.82, 2.24) is 0 Å². The zero-order valence-corrected chi connectivity index (χ0v) is 14.9. The van der Waals surface area contributed by atoms with E-state index in [1.165, 1.54) is 24.9 Å². The summed E-state index contributed by atoms with van der Waals surface area (Å²) in [7, 11) is 0. The highest BCUT2D eigenvalue weighted by Gasteiger charge is 2.11. The molecule has 26 heavy (non-hydrogen) atoms. The quantitative estimate of drug-likeness (QED) is 0.736. The molecule has 4 nitrogen and oxygen atoms in total. The zero-order valence-electron chi connectivity index (χ0n) is 14.9. The Morgan fingerprint density at radius 1 is 1.00 bits per heavy atom. The van der Waals surface area contributed by atoms with Crippen molar-refractivity contribution in [2.24, 2.45) is 0 Å². The number of nitriles is 2. The first-order chi connectivity index (χ1) is 12.7. The second kappa shape index (κ2) is 8.23. The average Bonchev–Trinajstić information content (AvgIpc) is 2.68. The van der Waals surface area contributed by atoms with E-state index in [0.717, 1.165) is 18.7 Å². The summed E-state index contributed by atoms with van der Waals surface area (Å²) in [6.45, 7) is 4.08. The minimum Gasteiger partial charge on any atom is -0.462 e. The molecule has 1 fully saturated rings. The van der Waals surface area contributed by atoms with Crippen molar-refractivity contribution in [3.05, 3.63) is 70.7 Å². The predicted octanol–water partition coefficient (Wildman–Crippen LogP) is 4.85. The van der Waals surface area contributed by atoms with Gasteiger partial charge in [0, 0.05) is 24.4 Å². The third-order valence-electron chi connectivity index (χ3n) is 4.50. The Kier molecular flexibility index (Phi) is 5.56. The van der Waals surface area contributed by atoms with Gasteiger partial charge in [-0.25, -0.2) is 0 Å². The van der Waals surface area contributed by atoms with Crippen molar-refractivity contribution in [1.29, 1.82) is 10.5 Å². The van der Waals surface area contributed by atoms with Gasteiger partial charge in [-0.05, 0) is 62.1 Å². The highest BCUT2D eigenvalue weighted by atomic mass is 16.5. The first kappa shape index (κ1) is 17.6. The van der Waals surface area contributed by atoms with Crippen molar-refractivity contribution in [2.75, 3.05) is 18.0 Å². The molecule has 0 N–H and O–H groups in total. The minimum atomic E-state index is 0.0874. The highest BCUT2D eigenvalue weighted by molar-refractivity contribution is 5.59. The first-order valence-corrected chi connectivity index (χ1v) is 8.85. The van der Waals surface area contributed by atoms with Gasteiger partial charge in [0.25, 0.3) is 0 Å². The SMILES string of the molecule is CC1=CC(=C(C#N)C#N)C=C(C=Cc2ccc(N3CCCCC3)cc2)O1. The number of rotatable bonds is 3. The van der Waals surface area contributed by atoms with Crippen LogP contribution in [0.5, 0.6) is 0 Å². The minimum absolute atomic E-state index is 0.0874. The Hall–Kier alpha value is -3.24. The van der Waals surface area contributed by atoms with E-state index in [2.05, 4.69) is 29.2 Å². The second-order valence-electron chi connectivity index (χ2n) is 6.43. The van der Waals surface area contributed by atoms with Gasteiger partial charge in [-0.2, -0.15) is 10.5 Å². The Labute approximate surface area is 154 Å². The van der Waals surface area contributed by atoms with Crippen LogP contribution in [0.1, 0.15) is 31.7 Å². The first-order valence-electron chi connectivity index (χ1n) is 8.85. The third kappa shape index (κ3) is 4.23. The molecule has 0 bridgehead atoms. The fourth-order valence-corrected chi connectivity index (χ4v) is 3.17. The molecule has 1 aromatic rings. The summed E-state index contributed by atoms with van der Waals surface area (Å²) < 4.78 is 5.67. The van der Waals surface area contributed by atoms with Crippen LogP contribution >= 0.6 is 0 Å². The van der Waals surface area contributed by atoms with Crippen LogP contribution in [0.2, 0.25) is 0 Å². The molecule has 0 aliphatic carbocycles. The lowest BCUT2D eigenvalue weighted by Crippen LogP contribution is -2.29. The summed E-state index contributed by atoms with van der Waals surface area (Å²) in [5, 5.41) is 18.1. The third-order valence-corrected chi connectivity index (χ3v) is 4.50. The second-order valence-corrected chi connectivity index (χ2v) is 6.43. The van der Waals surface area contributed by atoms with Crippen LogP contribution < -0.4 is 4.90 Å². The lowest BCUT2D eigenvalue weighted by atomic mass is 10.1. The number of ether oxygens (including phenoxy) is 1. The molecule has 0 unspecified atom stereocenters. The summed E-state index contributed by atoms with van der Waals surface area (Å²) in [6, 6.07) is 12.3. The fourth-order valence-electron chi connectivity index (χ4n) is 3.17. The Bertz CT molecular complexity index is 851. The molecule has 130 valence electrons. The highest BCUT2D eigenvalue weighted by Crippen LogP contribution is 2.24. The molecule has 3 rings (SSSR count). The van der Waals surface area contributed by atoms with Gasteiger partial charge in [0.1, 0.15) is 29.2 Å². The van der Waals surface area contributed by atoms with Gasteiger partial charge < -0.3 is 9.64 Å². The zero-order chi connectivity index (χ0) is 18.4. The Balaban J connectivity index is 1.74. The number of hydrogen-bond donors (Lipinski definition) is 0. The van der Waals surface area contributed by atoms with Crippen LogP contribution in [0.15, 0.2) is 65.2 Å². The van der Waals surface area contributed by atoms with Crippen LogP contribution in [-0.2, 0) is 4.74 Å². The number of anilines is 1. The van der Waals surface area contributed by atoms with Gasteiger partial charge in [-0.3, -0.25) is 0 Å². The van der Waals surface area contributed by atoms with Crippen LogP contribution in [0.4, 0.5) is 5.69 Å². The largest absolute Gasteiger partial charge is 0.462 e. The van der Waals surface area contributed by atoms with E-state index in [0.29, 0.717) is 17.1 Å². The van der Waals surface area contributed by atoms with Gasteiger partial charge in [-0.15, -0.1) is 0 Å². The van der Waals surface area contributed by atoms with Gasteiger partial charge in [0.05, 0.1) is 0 Å². The molecule has 2 aliphatic rings. The summed E-state index contributed by atoms with van der Waals surface area (Å²) in [6.07, 6.45) is 11.1. The lowest BCUT2D eigenvalue weighted by molar-refractivity contribution is 0.318. The standard InChI is InChI=1S/C22H21N3O/c1-17-13-19(20(15-23)16-24)14-22(26-17)10-7-18-5-8-21(9-6-18)25-11-3-2-4-12-25/h5-10,13-14H,2-4,11-12H2,1H3. The monoisotopic (exact) mass is 343 g/mol. The molecule has 0 amide bonds. The fraction of sp³-hybridized carbons (Fsp3) is 0.273. The molecule has 1 saturated heterocycles. The van der Waals surface area contributed by atoms with Crippen LogP contribution in [0, 0.1) is 22.7 Å². The van der Waals surface area contributed by atoms with Crippen LogP contribution in [0.3, 0.4) is 0 Å². The van der Waals surface area contributed by atoms with Crippen LogP contribution in [0.25, 0.3) is 6.08 Å². The van der Waals surface area contributed by atoms with Crippen molar-refractivity contribution in [3.63, 3.8) is 0 Å². The lowest BCUT2D eigenvalue weighted by Gasteiger charge is -2.28. The average molecular weight is 343 g/mol. The van der Waals surface area contributed by atoms with Gasteiger partial charge in [0.15, 0.2) is 0 Å². The molecular weight excluding hydrogens is 322 g/mol. The molecule has 1 aromatic carbocycles. The molecule has 0 aromatic heterocycles. The van der Waals surface area contributed by atoms with Crippen molar-refractivity contribution >= 4 is 11.8 Å². The molecule has 2 heterocycles. The molecule has 0 radical (unpaired) electrons. The van der Waals surface area contributed by atoms with Gasteiger partial charge in [-0.1, -0.05) is 18.2 Å². The van der Waals surface area contributed by atoms with E-state index in [-0.39, 0.29) is 5.57 Å². The summed E-state index contributed by atoms with van der Waals surface area (Å²) in [5.41, 5.74) is 3.02. The number of nitrogens with zero attached hydrogens (tertiary/aromatic N) is 3. The van der Waals surface area contributed by atoms with E-state index >= 15 is 0 Å². The Morgan fingerprint density at radius 2 is 1.69 bits per heavy atom. The van der Waals surface area contributed by atoms with Crippen molar-refractivity contribution in [2.45, 2.75) is 26.2 Å². The molecule has 0 spiro atoms. The smallest absolute Gasteiger partial charge is 0.137 e. The van der Waals surface area contributed by atoms with Crippen LogP contribution in [-0.4, -0.2) is 13.1 Å². The van der Waals surface area contributed by atoms with E-state index in [1.54, 1.807) is 19.1 Å². The van der Waals surface area contributed by atoms with E-state index in [1.807, 2.05) is 24.3 Å². The van der Waals surface area contributed by atoms with Crippen molar-refractivity contribution < 1.29 is 4.74 Å². The van der Waals surface area contributed by atoms with Gasteiger partial charge in [0.2, 0.25) is 0 Å². The maximum Gasteiger partial charge on any atom is 0.137 e. The summed E-state index contributed by atoms with van der Waals surface area (Å²) in [4.78, 5) is 2.43. The molecular formula is C22H21N3O. The summed E-state index contributed by atoms with van der Waals surface area (Å²) in [5.74, 6) is 1.27. The van der Waals surface area contributed by atoms with E-state index in [4.69, 9.17) is 15.3 Å². The number of piperidine rings is 1. The topological polar surface area (TPSA) is 60.0 Å². The summed E-state index contributed by atoms with van der Waals surface area (Å²) >= 11 is 0. The van der Waals surface area contributed by atoms with E-state index < -0.39 is 0 Å². The van der Waals surface area contributed by atoms with Crippen molar-refractivity contribution in [3.8, 4) is 12.1 Å². The number of allylic oxidation sites excluding steroid dienone is 6. The molecule has 4 heteroatoms. The maximum absolute atomic E-state index is 9.04. The van der Waals surface area contributed by atoms with Gasteiger partial charge >= 0.3 is 0 Å². The number of benzene rings is 1.